The van der Waals surface area contributed by atoms with Crippen LogP contribution in [0.25, 0.3) is 6.08 Å². The molecule has 1 aromatic rings. The average Bonchev–Trinajstić information content (AvgIpc) is 2.82. The van der Waals surface area contributed by atoms with Crippen LogP contribution in [-0.2, 0) is 9.53 Å². The van der Waals surface area contributed by atoms with E-state index in [9.17, 15) is 9.59 Å². The lowest BCUT2D eigenvalue weighted by molar-refractivity contribution is -0.122. The van der Waals surface area contributed by atoms with Crippen molar-refractivity contribution in [1.82, 2.24) is 4.90 Å². The van der Waals surface area contributed by atoms with Crippen molar-refractivity contribution < 1.29 is 19.1 Å². The Kier molecular flexibility index (Phi) is 3.62. The third-order valence-corrected chi connectivity index (χ3v) is 2.57. The highest BCUT2D eigenvalue weighted by Crippen LogP contribution is 2.18. The van der Waals surface area contributed by atoms with Crippen molar-refractivity contribution in [2.24, 2.45) is 0 Å². The summed E-state index contributed by atoms with van der Waals surface area (Å²) < 4.78 is 9.85. The van der Waals surface area contributed by atoms with Crippen LogP contribution in [0.1, 0.15) is 5.56 Å². The van der Waals surface area contributed by atoms with Crippen molar-refractivity contribution in [2.75, 3.05) is 20.3 Å². The number of cyclic esters (lactones) is 1. The van der Waals surface area contributed by atoms with E-state index in [2.05, 4.69) is 0 Å². The number of rotatable bonds is 3. The summed E-state index contributed by atoms with van der Waals surface area (Å²) in [4.78, 5) is 24.0. The minimum atomic E-state index is -0.593. The SMILES string of the molecule is COc1ccccc1/C=C/C(=O)N1CCOC1=O. The van der Waals surface area contributed by atoms with Gasteiger partial charge in [0.05, 0.1) is 13.7 Å². The van der Waals surface area contributed by atoms with Gasteiger partial charge >= 0.3 is 6.09 Å². The molecular formula is C13H13NO4. The van der Waals surface area contributed by atoms with Gasteiger partial charge in [-0.3, -0.25) is 4.79 Å². The molecule has 0 atom stereocenters. The van der Waals surface area contributed by atoms with Crippen molar-refractivity contribution in [3.05, 3.63) is 35.9 Å². The Balaban J connectivity index is 2.10. The van der Waals surface area contributed by atoms with E-state index in [1.54, 1.807) is 19.3 Å². The summed E-state index contributed by atoms with van der Waals surface area (Å²) in [7, 11) is 1.56. The van der Waals surface area contributed by atoms with Crippen LogP contribution in [-0.4, -0.2) is 37.2 Å². The Labute approximate surface area is 105 Å². The van der Waals surface area contributed by atoms with Crippen LogP contribution in [0.15, 0.2) is 30.3 Å². The molecule has 0 aromatic heterocycles. The maximum atomic E-state index is 11.7. The van der Waals surface area contributed by atoms with Gasteiger partial charge in [0.2, 0.25) is 0 Å². The zero-order valence-corrected chi connectivity index (χ0v) is 9.96. The molecule has 0 unspecified atom stereocenters. The maximum absolute atomic E-state index is 11.7. The van der Waals surface area contributed by atoms with Gasteiger partial charge in [0.15, 0.2) is 0 Å². The number of nitrogens with zero attached hydrogens (tertiary/aromatic N) is 1. The summed E-state index contributed by atoms with van der Waals surface area (Å²) in [5.74, 6) is 0.286. The van der Waals surface area contributed by atoms with E-state index in [-0.39, 0.29) is 12.5 Å². The third-order valence-electron chi connectivity index (χ3n) is 2.57. The summed E-state index contributed by atoms with van der Waals surface area (Å²) in [5.41, 5.74) is 0.779. The smallest absolute Gasteiger partial charge is 0.416 e. The summed E-state index contributed by atoms with van der Waals surface area (Å²) in [6.45, 7) is 0.557. The molecular weight excluding hydrogens is 234 g/mol. The molecule has 5 nitrogen and oxygen atoms in total. The molecule has 2 amide bonds. The molecule has 5 heteroatoms. The minimum Gasteiger partial charge on any atom is -0.496 e. The van der Waals surface area contributed by atoms with Crippen molar-refractivity contribution in [3.63, 3.8) is 0 Å². The fraction of sp³-hybridized carbons (Fsp3) is 0.231. The van der Waals surface area contributed by atoms with Gasteiger partial charge in [-0.05, 0) is 12.1 Å². The lowest BCUT2D eigenvalue weighted by Crippen LogP contribution is -2.29. The molecule has 1 aromatic carbocycles. The number of ether oxygens (including phenoxy) is 2. The van der Waals surface area contributed by atoms with Gasteiger partial charge in [0.1, 0.15) is 12.4 Å². The Bertz CT molecular complexity index is 496. The first-order chi connectivity index (χ1) is 8.72. The van der Waals surface area contributed by atoms with Gasteiger partial charge in [-0.25, -0.2) is 9.69 Å². The first-order valence-electron chi connectivity index (χ1n) is 5.51. The summed E-state index contributed by atoms with van der Waals surface area (Å²) in [5, 5.41) is 0. The van der Waals surface area contributed by atoms with Crippen LogP contribution in [0.3, 0.4) is 0 Å². The average molecular weight is 247 g/mol. The molecule has 0 N–H and O–H groups in total. The highest BCUT2D eigenvalue weighted by molar-refractivity contribution is 6.01. The lowest BCUT2D eigenvalue weighted by atomic mass is 10.2. The van der Waals surface area contributed by atoms with Gasteiger partial charge in [-0.15, -0.1) is 0 Å². The molecule has 1 aliphatic rings. The van der Waals surface area contributed by atoms with Crippen LogP contribution >= 0.6 is 0 Å². The predicted octanol–water partition coefficient (Wildman–Crippen LogP) is 1.69. The number of amides is 2. The Morgan fingerprint density at radius 1 is 1.44 bits per heavy atom. The number of methoxy groups -OCH3 is 1. The fourth-order valence-electron chi connectivity index (χ4n) is 1.65. The second kappa shape index (κ2) is 5.35. The lowest BCUT2D eigenvalue weighted by Gasteiger charge is -2.07. The highest BCUT2D eigenvalue weighted by atomic mass is 16.6. The molecule has 18 heavy (non-hydrogen) atoms. The molecule has 0 bridgehead atoms. The summed E-state index contributed by atoms with van der Waals surface area (Å²) in [6.07, 6.45) is 2.36. The predicted molar refractivity (Wildman–Crippen MR) is 65.1 cm³/mol. The maximum Gasteiger partial charge on any atom is 0.416 e. The van der Waals surface area contributed by atoms with E-state index in [1.807, 2.05) is 18.2 Å². The summed E-state index contributed by atoms with van der Waals surface area (Å²) >= 11 is 0. The van der Waals surface area contributed by atoms with E-state index in [0.717, 1.165) is 10.5 Å². The number of hydrogen-bond donors (Lipinski definition) is 0. The van der Waals surface area contributed by atoms with Gasteiger partial charge in [-0.2, -0.15) is 0 Å². The van der Waals surface area contributed by atoms with Crippen LogP contribution in [0, 0.1) is 0 Å². The Morgan fingerprint density at radius 3 is 2.89 bits per heavy atom. The summed E-state index contributed by atoms with van der Waals surface area (Å²) in [6, 6.07) is 7.31. The largest absolute Gasteiger partial charge is 0.496 e. The first-order valence-corrected chi connectivity index (χ1v) is 5.51. The quantitative estimate of drug-likeness (QED) is 0.763. The van der Waals surface area contributed by atoms with Gasteiger partial charge < -0.3 is 9.47 Å². The van der Waals surface area contributed by atoms with Crippen LogP contribution < -0.4 is 4.74 Å². The Morgan fingerprint density at radius 2 is 2.22 bits per heavy atom. The first kappa shape index (κ1) is 12.2. The standard InChI is InChI=1S/C13H13NO4/c1-17-11-5-3-2-4-10(11)6-7-12(15)14-8-9-18-13(14)16/h2-7H,8-9H2,1H3/b7-6+. The zero-order valence-electron chi connectivity index (χ0n) is 9.96. The zero-order chi connectivity index (χ0) is 13.0. The van der Waals surface area contributed by atoms with Crippen molar-refractivity contribution >= 4 is 18.1 Å². The molecule has 2 rings (SSSR count). The molecule has 0 spiro atoms. The molecule has 0 saturated carbocycles. The monoisotopic (exact) mass is 247 g/mol. The van der Waals surface area contributed by atoms with E-state index < -0.39 is 6.09 Å². The molecule has 0 radical (unpaired) electrons. The molecule has 0 aliphatic carbocycles. The molecule has 94 valence electrons. The molecule has 1 saturated heterocycles. The number of carbonyl (C=O) groups excluding carboxylic acids is 2. The van der Waals surface area contributed by atoms with Crippen molar-refractivity contribution in [3.8, 4) is 5.75 Å². The molecule has 1 aliphatic heterocycles. The minimum absolute atomic E-state index is 0.257. The van der Waals surface area contributed by atoms with Gasteiger partial charge in [0, 0.05) is 11.6 Å². The normalized spacial score (nSPS) is 14.9. The topological polar surface area (TPSA) is 55.8 Å². The second-order valence-corrected chi connectivity index (χ2v) is 3.68. The Hall–Kier alpha value is -2.30. The number of carbonyl (C=O) groups is 2. The number of imide groups is 1. The van der Waals surface area contributed by atoms with Gasteiger partial charge in [-0.1, -0.05) is 18.2 Å². The molecule has 1 heterocycles. The van der Waals surface area contributed by atoms with E-state index >= 15 is 0 Å². The molecule has 1 fully saturated rings. The van der Waals surface area contributed by atoms with E-state index in [1.165, 1.54) is 6.08 Å². The van der Waals surface area contributed by atoms with Crippen molar-refractivity contribution in [1.29, 1.82) is 0 Å². The van der Waals surface area contributed by atoms with E-state index in [4.69, 9.17) is 9.47 Å². The van der Waals surface area contributed by atoms with Crippen molar-refractivity contribution in [2.45, 2.75) is 0 Å². The second-order valence-electron chi connectivity index (χ2n) is 3.68. The number of para-hydroxylation sites is 1. The van der Waals surface area contributed by atoms with Crippen LogP contribution in [0.2, 0.25) is 0 Å². The third kappa shape index (κ3) is 2.51. The van der Waals surface area contributed by atoms with E-state index in [0.29, 0.717) is 12.3 Å². The van der Waals surface area contributed by atoms with Crippen LogP contribution in [0.5, 0.6) is 5.75 Å². The van der Waals surface area contributed by atoms with Gasteiger partial charge in [0.25, 0.3) is 5.91 Å². The van der Waals surface area contributed by atoms with Crippen LogP contribution in [0.4, 0.5) is 4.79 Å². The fourth-order valence-corrected chi connectivity index (χ4v) is 1.65. The number of benzene rings is 1. The highest BCUT2D eigenvalue weighted by Gasteiger charge is 2.26. The number of hydrogen-bond acceptors (Lipinski definition) is 4.